The molecule has 4 rings (SSSR count). The van der Waals surface area contributed by atoms with Crippen LogP contribution in [-0.4, -0.2) is 86.6 Å². The zero-order chi connectivity index (χ0) is 32.7. The molecule has 0 spiro atoms. The van der Waals surface area contributed by atoms with Crippen LogP contribution in [0.3, 0.4) is 0 Å². The number of anilines is 1. The van der Waals surface area contributed by atoms with Crippen molar-refractivity contribution in [2.75, 3.05) is 12.4 Å². The molecule has 4 N–H and O–H groups in total. The third kappa shape index (κ3) is 8.80. The first-order valence-electron chi connectivity index (χ1n) is 14.4. The van der Waals surface area contributed by atoms with E-state index in [0.29, 0.717) is 39.3 Å². The molecule has 0 aliphatic heterocycles. The number of aliphatic hydroxyl groups excluding tert-OH is 2. The quantitative estimate of drug-likeness (QED) is 0.118. The van der Waals surface area contributed by atoms with Crippen molar-refractivity contribution >= 4 is 59.2 Å². The summed E-state index contributed by atoms with van der Waals surface area (Å²) in [4.78, 5) is 37.1. The van der Waals surface area contributed by atoms with Crippen molar-refractivity contribution in [1.29, 1.82) is 0 Å². The summed E-state index contributed by atoms with van der Waals surface area (Å²) in [5.74, 6) is -2.58. The van der Waals surface area contributed by atoms with Crippen LogP contribution >= 0.6 is 0 Å². The number of benzene rings is 3. The van der Waals surface area contributed by atoms with E-state index < -0.39 is 42.3 Å². The maximum atomic E-state index is 14.2. The van der Waals surface area contributed by atoms with Gasteiger partial charge in [0.15, 0.2) is 0 Å². The van der Waals surface area contributed by atoms with Crippen molar-refractivity contribution in [3.05, 3.63) is 108 Å². The van der Waals surface area contributed by atoms with Crippen molar-refractivity contribution in [2.45, 2.75) is 44.9 Å². The Bertz CT molecular complexity index is 1680. The molecule has 11 heteroatoms. The molecule has 1 heterocycles. The first-order chi connectivity index (χ1) is 21.5. The summed E-state index contributed by atoms with van der Waals surface area (Å²) in [5, 5.41) is 32.7. The first-order valence-corrected chi connectivity index (χ1v) is 14.4. The Kier molecular flexibility index (Phi) is 13.0. The average molecular weight is 639 g/mol. The number of nitrogens with one attached hydrogen (secondary N) is 1. The molecule has 0 aliphatic carbocycles. The molecular formula is C35H36FN2NaO7. The number of carboxylic acid groups (broad SMARTS) is 1. The van der Waals surface area contributed by atoms with E-state index in [-0.39, 0.29) is 42.0 Å². The fourth-order valence-corrected chi connectivity index (χ4v) is 5.17. The predicted molar refractivity (Wildman–Crippen MR) is 176 cm³/mol. The van der Waals surface area contributed by atoms with E-state index in [9.17, 15) is 29.0 Å². The normalized spacial score (nSPS) is 12.4. The number of aromatic nitrogens is 1. The summed E-state index contributed by atoms with van der Waals surface area (Å²) in [7, 11) is 1.28. The second-order valence-electron chi connectivity index (χ2n) is 10.8. The van der Waals surface area contributed by atoms with Gasteiger partial charge in [-0.1, -0.05) is 48.5 Å². The summed E-state index contributed by atoms with van der Waals surface area (Å²) in [6.07, 6.45) is -0.113. The SMILES string of the molecule is COC(=O)c1ccc(NC(=O)c2c(-c3ccccc3)c(-c3ccc(F)cc3)c(/C=C/C(O)CC(O)CC(=O)O)n2C(C)C)cc1.[NaH]. The van der Waals surface area contributed by atoms with Gasteiger partial charge < -0.3 is 29.9 Å². The number of amides is 1. The van der Waals surface area contributed by atoms with Crippen LogP contribution in [-0.2, 0) is 9.53 Å². The van der Waals surface area contributed by atoms with Crippen LogP contribution in [0.5, 0.6) is 0 Å². The topological polar surface area (TPSA) is 138 Å². The minimum absolute atomic E-state index is 0. The molecular weight excluding hydrogens is 602 g/mol. The van der Waals surface area contributed by atoms with Gasteiger partial charge in [-0.05, 0) is 67.4 Å². The molecule has 1 aromatic heterocycles. The Hall–Kier alpha value is -4.06. The third-order valence-corrected chi connectivity index (χ3v) is 7.13. The van der Waals surface area contributed by atoms with Crippen LogP contribution in [0.1, 0.15) is 59.3 Å². The molecule has 0 fully saturated rings. The van der Waals surface area contributed by atoms with E-state index in [1.165, 1.54) is 25.3 Å². The zero-order valence-electron chi connectivity index (χ0n) is 25.1. The van der Waals surface area contributed by atoms with Crippen molar-refractivity contribution in [1.82, 2.24) is 4.57 Å². The summed E-state index contributed by atoms with van der Waals surface area (Å²) in [5.41, 5.74) is 4.10. The number of esters is 1. The van der Waals surface area contributed by atoms with Crippen LogP contribution in [0.2, 0.25) is 0 Å². The molecule has 3 aromatic carbocycles. The minimum atomic E-state index is -1.26. The van der Waals surface area contributed by atoms with E-state index in [2.05, 4.69) is 5.32 Å². The molecule has 0 saturated carbocycles. The number of hydrogen-bond acceptors (Lipinski definition) is 6. The Morgan fingerprint density at radius 3 is 2.09 bits per heavy atom. The van der Waals surface area contributed by atoms with Crippen LogP contribution in [0.25, 0.3) is 28.3 Å². The third-order valence-electron chi connectivity index (χ3n) is 7.13. The van der Waals surface area contributed by atoms with Gasteiger partial charge in [0.25, 0.3) is 5.91 Å². The second-order valence-corrected chi connectivity index (χ2v) is 10.8. The van der Waals surface area contributed by atoms with Gasteiger partial charge in [0, 0.05) is 35.0 Å². The van der Waals surface area contributed by atoms with Crippen molar-refractivity contribution < 1.29 is 38.8 Å². The second kappa shape index (κ2) is 16.5. The number of nitrogens with zero attached hydrogens (tertiary/aromatic N) is 1. The van der Waals surface area contributed by atoms with Gasteiger partial charge in [0.05, 0.1) is 31.3 Å². The number of carbonyl (C=O) groups is 3. The molecule has 0 saturated heterocycles. The summed E-state index contributed by atoms with van der Waals surface area (Å²) in [6.45, 7) is 3.80. The van der Waals surface area contributed by atoms with Crippen molar-refractivity contribution in [3.63, 3.8) is 0 Å². The van der Waals surface area contributed by atoms with Gasteiger partial charge in [-0.25, -0.2) is 9.18 Å². The Morgan fingerprint density at radius 1 is 0.913 bits per heavy atom. The van der Waals surface area contributed by atoms with Gasteiger partial charge in [-0.2, -0.15) is 0 Å². The molecule has 2 atom stereocenters. The van der Waals surface area contributed by atoms with Gasteiger partial charge in [0.1, 0.15) is 11.5 Å². The molecule has 2 unspecified atom stereocenters. The fraction of sp³-hybridized carbons (Fsp3) is 0.229. The van der Waals surface area contributed by atoms with Crippen molar-refractivity contribution in [3.8, 4) is 22.3 Å². The Balaban J connectivity index is 0.00000576. The molecule has 4 aromatic rings. The average Bonchev–Trinajstić information content (AvgIpc) is 3.36. The maximum absolute atomic E-state index is 14.2. The van der Waals surface area contributed by atoms with E-state index in [4.69, 9.17) is 9.84 Å². The number of carbonyl (C=O) groups excluding carboxylic acids is 2. The van der Waals surface area contributed by atoms with Gasteiger partial charge in [0.2, 0.25) is 0 Å². The monoisotopic (exact) mass is 638 g/mol. The van der Waals surface area contributed by atoms with Crippen LogP contribution in [0.4, 0.5) is 10.1 Å². The molecule has 46 heavy (non-hydrogen) atoms. The van der Waals surface area contributed by atoms with Crippen LogP contribution < -0.4 is 5.32 Å². The first kappa shape index (κ1) is 36.4. The number of hydrogen-bond donors (Lipinski definition) is 4. The summed E-state index contributed by atoms with van der Waals surface area (Å²) in [6, 6.07) is 21.1. The van der Waals surface area contributed by atoms with Crippen LogP contribution in [0, 0.1) is 5.82 Å². The van der Waals surface area contributed by atoms with Gasteiger partial charge in [-0.15, -0.1) is 0 Å². The molecule has 0 bridgehead atoms. The summed E-state index contributed by atoms with van der Waals surface area (Å²) < 4.78 is 20.6. The molecule has 1 amide bonds. The van der Waals surface area contributed by atoms with E-state index in [1.807, 2.05) is 48.7 Å². The number of ether oxygens (including phenoxy) is 1. The number of rotatable bonds is 12. The number of methoxy groups -OCH3 is 1. The van der Waals surface area contributed by atoms with E-state index >= 15 is 0 Å². The molecule has 0 radical (unpaired) electrons. The number of halogens is 1. The molecule has 9 nitrogen and oxygen atoms in total. The van der Waals surface area contributed by atoms with Gasteiger partial charge in [-0.3, -0.25) is 9.59 Å². The molecule has 0 aliphatic rings. The fourth-order valence-electron chi connectivity index (χ4n) is 5.17. The zero-order valence-corrected chi connectivity index (χ0v) is 25.1. The number of carboxylic acids is 1. The Morgan fingerprint density at radius 2 is 1.52 bits per heavy atom. The summed E-state index contributed by atoms with van der Waals surface area (Å²) >= 11 is 0. The van der Waals surface area contributed by atoms with E-state index in [0.717, 1.165) is 5.56 Å². The Labute approximate surface area is 288 Å². The van der Waals surface area contributed by atoms with Gasteiger partial charge >= 0.3 is 41.5 Å². The van der Waals surface area contributed by atoms with Crippen LogP contribution in [0.15, 0.2) is 84.9 Å². The van der Waals surface area contributed by atoms with Crippen molar-refractivity contribution in [2.24, 2.45) is 0 Å². The number of aliphatic carboxylic acids is 1. The van der Waals surface area contributed by atoms with E-state index in [1.54, 1.807) is 42.5 Å². The molecule has 236 valence electrons. The predicted octanol–water partition coefficient (Wildman–Crippen LogP) is 5.53. The standard InChI is InChI=1S/C35H35FN2O7.Na.H/c1-21(2)38-29(18-17-27(39)19-28(40)20-30(41)42)31(23-9-13-25(36)14-10-23)32(22-7-5-4-6-8-22)33(38)34(43)37-26-15-11-24(12-16-26)35(44)45-3;;/h4-18,21,27-28,39-40H,19-20H2,1-3H3,(H,37,43)(H,41,42);;/b18-17+;;. The number of aliphatic hydroxyl groups is 2.